The standard InChI is InChI=1S/C40H84NO2/c1-5-9-11-13-15-17-19-21-23-25-27-29-31-33-39(42)35-37-41(7-3,8-4)38-36-40(43)34-32-30-28-26-24-22-20-18-16-14-12-10-6-2/h39-40,42-43H,5-38H2,1-4H3/q+1. The van der Waals surface area contributed by atoms with E-state index in [0.29, 0.717) is 0 Å². The number of aliphatic hydroxyl groups is 2. The van der Waals surface area contributed by atoms with Crippen LogP contribution in [0.4, 0.5) is 0 Å². The van der Waals surface area contributed by atoms with E-state index in [-0.39, 0.29) is 12.2 Å². The second-order valence-electron chi connectivity index (χ2n) is 14.4. The van der Waals surface area contributed by atoms with Crippen molar-refractivity contribution in [1.82, 2.24) is 0 Å². The third kappa shape index (κ3) is 29.1. The van der Waals surface area contributed by atoms with Crippen LogP contribution >= 0.6 is 0 Å². The fourth-order valence-corrected chi connectivity index (χ4v) is 6.90. The molecule has 0 aromatic rings. The molecule has 0 fully saturated rings. The largest absolute Gasteiger partial charge is 0.393 e. The molecule has 0 aliphatic carbocycles. The monoisotopic (exact) mass is 611 g/mol. The molecule has 0 aliphatic heterocycles. The minimum atomic E-state index is -0.154. The molecule has 3 heteroatoms. The molecule has 2 N–H and O–H groups in total. The van der Waals surface area contributed by atoms with Crippen LogP contribution in [0.2, 0.25) is 0 Å². The summed E-state index contributed by atoms with van der Waals surface area (Å²) < 4.78 is 1.05. The highest BCUT2D eigenvalue weighted by Crippen LogP contribution is 2.18. The van der Waals surface area contributed by atoms with Crippen molar-refractivity contribution < 1.29 is 14.7 Å². The number of unbranched alkanes of at least 4 members (excludes halogenated alkanes) is 24. The van der Waals surface area contributed by atoms with Gasteiger partial charge in [-0.25, -0.2) is 0 Å². The molecule has 0 amide bonds. The molecule has 2 unspecified atom stereocenters. The van der Waals surface area contributed by atoms with E-state index < -0.39 is 0 Å². The molecule has 0 bridgehead atoms. The molecule has 0 aromatic heterocycles. The van der Waals surface area contributed by atoms with E-state index in [2.05, 4.69) is 27.7 Å². The molecule has 0 saturated heterocycles. The summed E-state index contributed by atoms with van der Waals surface area (Å²) in [6, 6.07) is 0. The number of quaternary nitrogens is 1. The summed E-state index contributed by atoms with van der Waals surface area (Å²) in [6.45, 7) is 13.5. The number of nitrogens with zero attached hydrogens (tertiary/aromatic N) is 1. The topological polar surface area (TPSA) is 40.5 Å². The smallest absolute Gasteiger partial charge is 0.0811 e. The van der Waals surface area contributed by atoms with Crippen molar-refractivity contribution in [2.45, 2.75) is 233 Å². The van der Waals surface area contributed by atoms with E-state index in [1.807, 2.05) is 0 Å². The number of rotatable bonds is 36. The summed E-state index contributed by atoms with van der Waals surface area (Å²) in [6.07, 6.45) is 39.3. The molecule has 0 heterocycles. The van der Waals surface area contributed by atoms with Gasteiger partial charge in [-0.15, -0.1) is 0 Å². The Balaban J connectivity index is 3.76. The lowest BCUT2D eigenvalue weighted by molar-refractivity contribution is -0.925. The maximum atomic E-state index is 10.7. The minimum absolute atomic E-state index is 0.154. The average molecular weight is 611 g/mol. The number of hydrogen-bond donors (Lipinski definition) is 2. The summed E-state index contributed by atoms with van der Waals surface area (Å²) >= 11 is 0. The lowest BCUT2D eigenvalue weighted by atomic mass is 10.0. The fraction of sp³-hybridized carbons (Fsp3) is 1.00. The summed E-state index contributed by atoms with van der Waals surface area (Å²) in [4.78, 5) is 0. The van der Waals surface area contributed by atoms with Crippen LogP contribution in [0.3, 0.4) is 0 Å². The fourth-order valence-electron chi connectivity index (χ4n) is 6.90. The number of aliphatic hydroxyl groups excluding tert-OH is 2. The van der Waals surface area contributed by atoms with Crippen LogP contribution in [0.5, 0.6) is 0 Å². The Morgan fingerprint density at radius 1 is 0.326 bits per heavy atom. The minimum Gasteiger partial charge on any atom is -0.393 e. The van der Waals surface area contributed by atoms with Crippen molar-refractivity contribution in [1.29, 1.82) is 0 Å². The highest BCUT2D eigenvalue weighted by Gasteiger charge is 2.25. The third-order valence-corrected chi connectivity index (χ3v) is 10.5. The van der Waals surface area contributed by atoms with Crippen LogP contribution in [0, 0.1) is 0 Å². The zero-order valence-corrected chi connectivity index (χ0v) is 30.5. The van der Waals surface area contributed by atoms with E-state index in [4.69, 9.17) is 0 Å². The quantitative estimate of drug-likeness (QED) is 0.0547. The predicted octanol–water partition coefficient (Wildman–Crippen LogP) is 12.3. The van der Waals surface area contributed by atoms with Crippen molar-refractivity contribution in [2.75, 3.05) is 26.2 Å². The zero-order chi connectivity index (χ0) is 31.7. The Kier molecular flexibility index (Phi) is 33.2. The SMILES string of the molecule is CCCCCCCCCCCCCCCC(O)CC[N+](CC)(CC)CCC(O)CCCCCCCCCCCCCCC. The second kappa shape index (κ2) is 33.2. The first kappa shape index (κ1) is 42.9. The van der Waals surface area contributed by atoms with Gasteiger partial charge in [0.1, 0.15) is 0 Å². The summed E-state index contributed by atoms with van der Waals surface area (Å²) in [7, 11) is 0. The van der Waals surface area contributed by atoms with Gasteiger partial charge in [-0.3, -0.25) is 0 Å². The van der Waals surface area contributed by atoms with Crippen molar-refractivity contribution >= 4 is 0 Å². The molecular weight excluding hydrogens is 526 g/mol. The average Bonchev–Trinajstić information content (AvgIpc) is 3.02. The highest BCUT2D eigenvalue weighted by molar-refractivity contribution is 4.61. The van der Waals surface area contributed by atoms with Crippen molar-refractivity contribution in [3.8, 4) is 0 Å². The molecule has 3 nitrogen and oxygen atoms in total. The van der Waals surface area contributed by atoms with Gasteiger partial charge in [0, 0.05) is 12.8 Å². The molecule has 0 aromatic carbocycles. The van der Waals surface area contributed by atoms with Crippen LogP contribution in [0.15, 0.2) is 0 Å². The molecule has 2 atom stereocenters. The Labute approximate surface area is 273 Å². The second-order valence-corrected chi connectivity index (χ2v) is 14.4. The van der Waals surface area contributed by atoms with Gasteiger partial charge < -0.3 is 14.7 Å². The molecular formula is C40H84NO2+. The van der Waals surface area contributed by atoms with Gasteiger partial charge in [-0.1, -0.05) is 181 Å². The van der Waals surface area contributed by atoms with Gasteiger partial charge in [0.2, 0.25) is 0 Å². The lowest BCUT2D eigenvalue weighted by Gasteiger charge is -2.38. The van der Waals surface area contributed by atoms with E-state index in [9.17, 15) is 10.2 Å². The van der Waals surface area contributed by atoms with E-state index in [0.717, 1.165) is 56.3 Å². The normalized spacial score (nSPS) is 13.5. The van der Waals surface area contributed by atoms with Crippen molar-refractivity contribution in [2.24, 2.45) is 0 Å². The van der Waals surface area contributed by atoms with Gasteiger partial charge in [0.05, 0.1) is 38.4 Å². The van der Waals surface area contributed by atoms with Crippen molar-refractivity contribution in [3.05, 3.63) is 0 Å². The number of hydrogen-bond acceptors (Lipinski definition) is 2. The van der Waals surface area contributed by atoms with Crippen molar-refractivity contribution in [3.63, 3.8) is 0 Å². The van der Waals surface area contributed by atoms with Crippen LogP contribution in [-0.4, -0.2) is 53.1 Å². The van der Waals surface area contributed by atoms with Crippen LogP contribution < -0.4 is 0 Å². The molecule has 260 valence electrons. The Morgan fingerprint density at radius 2 is 0.558 bits per heavy atom. The van der Waals surface area contributed by atoms with Gasteiger partial charge in [0.25, 0.3) is 0 Å². The van der Waals surface area contributed by atoms with Crippen LogP contribution in [0.1, 0.15) is 220 Å². The van der Waals surface area contributed by atoms with Gasteiger partial charge in [-0.05, 0) is 26.7 Å². The third-order valence-electron chi connectivity index (χ3n) is 10.5. The van der Waals surface area contributed by atoms with Gasteiger partial charge in [-0.2, -0.15) is 0 Å². The summed E-state index contributed by atoms with van der Waals surface area (Å²) in [5.41, 5.74) is 0. The molecule has 0 rings (SSSR count). The maximum Gasteiger partial charge on any atom is 0.0811 e. The molecule has 0 saturated carbocycles. The first-order chi connectivity index (χ1) is 21.0. The Hall–Kier alpha value is -0.120. The van der Waals surface area contributed by atoms with Crippen LogP contribution in [-0.2, 0) is 0 Å². The highest BCUT2D eigenvalue weighted by atomic mass is 16.3. The molecule has 0 aliphatic rings. The van der Waals surface area contributed by atoms with E-state index in [1.165, 1.54) is 167 Å². The summed E-state index contributed by atoms with van der Waals surface area (Å²) in [5.74, 6) is 0. The molecule has 0 spiro atoms. The Morgan fingerprint density at radius 3 is 0.791 bits per heavy atom. The zero-order valence-electron chi connectivity index (χ0n) is 30.5. The first-order valence-corrected chi connectivity index (χ1v) is 20.2. The van der Waals surface area contributed by atoms with Crippen LogP contribution in [0.25, 0.3) is 0 Å². The van der Waals surface area contributed by atoms with Gasteiger partial charge >= 0.3 is 0 Å². The van der Waals surface area contributed by atoms with Gasteiger partial charge in [0.15, 0.2) is 0 Å². The summed E-state index contributed by atoms with van der Waals surface area (Å²) in [5, 5.41) is 21.4. The van der Waals surface area contributed by atoms with E-state index >= 15 is 0 Å². The first-order valence-electron chi connectivity index (χ1n) is 20.2. The van der Waals surface area contributed by atoms with E-state index in [1.54, 1.807) is 0 Å². The molecule has 0 radical (unpaired) electrons. The maximum absolute atomic E-state index is 10.7. The predicted molar refractivity (Wildman–Crippen MR) is 193 cm³/mol. The Bertz CT molecular complexity index is 479. The lowest BCUT2D eigenvalue weighted by Crippen LogP contribution is -2.50. The molecule has 43 heavy (non-hydrogen) atoms.